The highest BCUT2D eigenvalue weighted by atomic mass is 35.5. The Morgan fingerprint density at radius 3 is 3.13 bits per heavy atom. The zero-order valence-corrected chi connectivity index (χ0v) is 9.51. The van der Waals surface area contributed by atoms with E-state index in [1.54, 1.807) is 0 Å². The van der Waals surface area contributed by atoms with Crippen molar-refractivity contribution in [2.24, 2.45) is 5.92 Å². The van der Waals surface area contributed by atoms with Crippen LogP contribution in [0.5, 0.6) is 0 Å². The normalized spacial score (nSPS) is 20.5. The smallest absolute Gasteiger partial charge is 0.224 e. The summed E-state index contributed by atoms with van der Waals surface area (Å²) in [7, 11) is 0. The van der Waals surface area contributed by atoms with Crippen LogP contribution in [0.15, 0.2) is 6.07 Å². The van der Waals surface area contributed by atoms with Crippen LogP contribution in [0.3, 0.4) is 0 Å². The summed E-state index contributed by atoms with van der Waals surface area (Å²) in [6, 6.07) is 1.91. The first-order valence-electron chi connectivity index (χ1n) is 5.20. The lowest BCUT2D eigenvalue weighted by Gasteiger charge is -2.10. The average molecular weight is 227 g/mol. The highest BCUT2D eigenvalue weighted by molar-refractivity contribution is 6.28. The van der Waals surface area contributed by atoms with Crippen molar-refractivity contribution in [2.45, 2.75) is 13.3 Å². The number of anilines is 1. The number of rotatable bonds is 3. The lowest BCUT2D eigenvalue weighted by molar-refractivity contribution is 0.614. The van der Waals surface area contributed by atoms with Gasteiger partial charge in [-0.3, -0.25) is 0 Å². The maximum absolute atomic E-state index is 5.77. The third-order valence-corrected chi connectivity index (χ3v) is 2.73. The predicted octanol–water partition coefficient (Wildman–Crippen LogP) is 1.46. The second kappa shape index (κ2) is 4.77. The molecule has 1 aromatic rings. The van der Waals surface area contributed by atoms with Crippen LogP contribution in [-0.2, 0) is 0 Å². The number of hydrogen-bond donors (Lipinski definition) is 2. The maximum Gasteiger partial charge on any atom is 0.224 e. The van der Waals surface area contributed by atoms with Gasteiger partial charge >= 0.3 is 0 Å². The van der Waals surface area contributed by atoms with E-state index in [2.05, 4.69) is 20.6 Å². The van der Waals surface area contributed by atoms with E-state index in [9.17, 15) is 0 Å². The molecule has 1 saturated heterocycles. The Kier molecular flexibility index (Phi) is 3.38. The largest absolute Gasteiger partial charge is 0.370 e. The SMILES string of the molecule is Cc1cc(NCC2CCNC2)nc(Cl)n1. The molecule has 82 valence electrons. The Morgan fingerprint density at radius 2 is 2.47 bits per heavy atom. The number of aromatic nitrogens is 2. The summed E-state index contributed by atoms with van der Waals surface area (Å²) >= 11 is 5.77. The Bertz CT molecular complexity index is 316. The van der Waals surface area contributed by atoms with Gasteiger partial charge in [-0.2, -0.15) is 0 Å². The van der Waals surface area contributed by atoms with Crippen molar-refractivity contribution in [3.05, 3.63) is 17.0 Å². The van der Waals surface area contributed by atoms with Gasteiger partial charge in [0.1, 0.15) is 5.82 Å². The van der Waals surface area contributed by atoms with E-state index in [1.807, 2.05) is 13.0 Å². The molecule has 1 fully saturated rings. The average Bonchev–Trinajstić information content (AvgIpc) is 2.65. The van der Waals surface area contributed by atoms with Crippen molar-refractivity contribution in [2.75, 3.05) is 25.0 Å². The fourth-order valence-electron chi connectivity index (χ4n) is 1.76. The highest BCUT2D eigenvalue weighted by Gasteiger charge is 2.14. The number of nitrogens with zero attached hydrogens (tertiary/aromatic N) is 2. The van der Waals surface area contributed by atoms with Crippen LogP contribution in [0, 0.1) is 12.8 Å². The van der Waals surface area contributed by atoms with Crippen LogP contribution in [0.1, 0.15) is 12.1 Å². The van der Waals surface area contributed by atoms with Gasteiger partial charge in [-0.1, -0.05) is 0 Å². The lowest BCUT2D eigenvalue weighted by atomic mass is 10.1. The molecule has 2 N–H and O–H groups in total. The molecule has 1 unspecified atom stereocenters. The maximum atomic E-state index is 5.77. The zero-order chi connectivity index (χ0) is 10.7. The minimum absolute atomic E-state index is 0.307. The summed E-state index contributed by atoms with van der Waals surface area (Å²) in [5.74, 6) is 1.51. The predicted molar refractivity (Wildman–Crippen MR) is 61.2 cm³/mol. The minimum Gasteiger partial charge on any atom is -0.370 e. The fourth-order valence-corrected chi connectivity index (χ4v) is 1.98. The van der Waals surface area contributed by atoms with Crippen molar-refractivity contribution in [3.8, 4) is 0 Å². The second-order valence-electron chi connectivity index (χ2n) is 3.90. The van der Waals surface area contributed by atoms with E-state index in [0.29, 0.717) is 11.2 Å². The molecule has 1 atom stereocenters. The molecule has 15 heavy (non-hydrogen) atoms. The van der Waals surface area contributed by atoms with Gasteiger partial charge in [-0.05, 0) is 44.0 Å². The van der Waals surface area contributed by atoms with Crippen molar-refractivity contribution in [3.63, 3.8) is 0 Å². The van der Waals surface area contributed by atoms with Gasteiger partial charge in [-0.25, -0.2) is 9.97 Å². The van der Waals surface area contributed by atoms with Crippen LogP contribution in [0.2, 0.25) is 5.28 Å². The highest BCUT2D eigenvalue weighted by Crippen LogP contribution is 2.12. The molecule has 0 amide bonds. The quantitative estimate of drug-likeness (QED) is 0.767. The van der Waals surface area contributed by atoms with E-state index < -0.39 is 0 Å². The summed E-state index contributed by atoms with van der Waals surface area (Å²) in [5.41, 5.74) is 0.891. The van der Waals surface area contributed by atoms with E-state index >= 15 is 0 Å². The molecule has 0 spiro atoms. The summed E-state index contributed by atoms with van der Waals surface area (Å²) < 4.78 is 0. The number of aryl methyl sites for hydroxylation is 1. The summed E-state index contributed by atoms with van der Waals surface area (Å²) in [6.45, 7) is 5.07. The van der Waals surface area contributed by atoms with Gasteiger partial charge < -0.3 is 10.6 Å². The van der Waals surface area contributed by atoms with Crippen molar-refractivity contribution in [1.82, 2.24) is 15.3 Å². The molecular weight excluding hydrogens is 212 g/mol. The standard InChI is InChI=1S/C10H15ClN4/c1-7-4-9(15-10(11)14-7)13-6-8-2-3-12-5-8/h4,8,12H,2-3,5-6H2,1H3,(H,13,14,15). The van der Waals surface area contributed by atoms with Crippen molar-refractivity contribution < 1.29 is 0 Å². The molecule has 1 aromatic heterocycles. The zero-order valence-electron chi connectivity index (χ0n) is 8.76. The van der Waals surface area contributed by atoms with Crippen LogP contribution in [0.4, 0.5) is 5.82 Å². The van der Waals surface area contributed by atoms with Gasteiger partial charge in [0.15, 0.2) is 0 Å². The number of hydrogen-bond acceptors (Lipinski definition) is 4. The molecule has 0 saturated carbocycles. The van der Waals surface area contributed by atoms with Crippen LogP contribution >= 0.6 is 11.6 Å². The monoisotopic (exact) mass is 226 g/mol. The lowest BCUT2D eigenvalue weighted by Crippen LogP contribution is -2.17. The van der Waals surface area contributed by atoms with Gasteiger partial charge in [0, 0.05) is 18.3 Å². The minimum atomic E-state index is 0.307. The Balaban J connectivity index is 1.92. The van der Waals surface area contributed by atoms with Gasteiger partial charge in [0.25, 0.3) is 0 Å². The number of halogens is 1. The van der Waals surface area contributed by atoms with E-state index in [-0.39, 0.29) is 0 Å². The van der Waals surface area contributed by atoms with Crippen molar-refractivity contribution in [1.29, 1.82) is 0 Å². The van der Waals surface area contributed by atoms with Gasteiger partial charge in [0.05, 0.1) is 0 Å². The third kappa shape index (κ3) is 3.04. The summed E-state index contributed by atoms with van der Waals surface area (Å²) in [4.78, 5) is 8.13. The topological polar surface area (TPSA) is 49.8 Å². The molecule has 4 nitrogen and oxygen atoms in total. The molecule has 2 heterocycles. The summed E-state index contributed by atoms with van der Waals surface area (Å²) in [5, 5.41) is 6.93. The molecule has 2 rings (SSSR count). The molecule has 1 aliphatic rings. The van der Waals surface area contributed by atoms with Crippen molar-refractivity contribution >= 4 is 17.4 Å². The molecule has 1 aliphatic heterocycles. The first-order chi connectivity index (χ1) is 7.24. The summed E-state index contributed by atoms with van der Waals surface area (Å²) in [6.07, 6.45) is 1.23. The molecule has 0 bridgehead atoms. The molecule has 5 heteroatoms. The molecule has 0 aliphatic carbocycles. The van der Waals surface area contributed by atoms with Gasteiger partial charge in [0.2, 0.25) is 5.28 Å². The first kappa shape index (κ1) is 10.6. The second-order valence-corrected chi connectivity index (χ2v) is 4.24. The van der Waals surface area contributed by atoms with E-state index in [0.717, 1.165) is 31.1 Å². The first-order valence-corrected chi connectivity index (χ1v) is 5.57. The Labute approximate surface area is 94.5 Å². The van der Waals surface area contributed by atoms with Crippen LogP contribution in [-0.4, -0.2) is 29.6 Å². The number of nitrogens with one attached hydrogen (secondary N) is 2. The molecular formula is C10H15ClN4. The van der Waals surface area contributed by atoms with E-state index in [1.165, 1.54) is 6.42 Å². The Morgan fingerprint density at radius 1 is 1.60 bits per heavy atom. The fraction of sp³-hybridized carbons (Fsp3) is 0.600. The van der Waals surface area contributed by atoms with Gasteiger partial charge in [-0.15, -0.1) is 0 Å². The van der Waals surface area contributed by atoms with Crippen LogP contribution < -0.4 is 10.6 Å². The molecule has 0 aromatic carbocycles. The Hall–Kier alpha value is -0.870. The van der Waals surface area contributed by atoms with E-state index in [4.69, 9.17) is 11.6 Å². The third-order valence-electron chi connectivity index (χ3n) is 2.56. The molecule has 0 radical (unpaired) electrons. The van der Waals surface area contributed by atoms with Crippen LogP contribution in [0.25, 0.3) is 0 Å².